The van der Waals surface area contributed by atoms with Gasteiger partial charge in [0.15, 0.2) is 0 Å². The number of H-pyrrole nitrogens is 1. The number of hydrogen-bond acceptors (Lipinski definition) is 5. The molecule has 6 nitrogen and oxygen atoms in total. The molecule has 2 aliphatic heterocycles. The Kier molecular flexibility index (Phi) is 4.73. The lowest BCUT2D eigenvalue weighted by atomic mass is 9.94. The molecule has 2 aromatic heterocycles. The molecule has 2 aliphatic rings. The van der Waals surface area contributed by atoms with E-state index in [0.717, 1.165) is 54.0 Å². The third-order valence-corrected chi connectivity index (χ3v) is 6.74. The summed E-state index contributed by atoms with van der Waals surface area (Å²) in [6, 6.07) is 11.4. The average molecular weight is 445 g/mol. The molecule has 0 unspecified atom stereocenters. The van der Waals surface area contributed by atoms with Crippen molar-refractivity contribution >= 4 is 16.7 Å². The Labute approximate surface area is 191 Å². The van der Waals surface area contributed by atoms with E-state index < -0.39 is 0 Å². The first-order valence-electron chi connectivity index (χ1n) is 11.2. The molecule has 0 amide bonds. The number of nitrogens with zero attached hydrogens (tertiary/aromatic N) is 3. The molecule has 4 aromatic rings. The Morgan fingerprint density at radius 1 is 1.06 bits per heavy atom. The minimum atomic E-state index is -0.346. The molecule has 7 heteroatoms. The third-order valence-electron chi connectivity index (χ3n) is 6.74. The Balaban J connectivity index is 1.46. The van der Waals surface area contributed by atoms with Crippen LogP contribution in [-0.2, 0) is 6.61 Å². The first kappa shape index (κ1) is 20.1. The van der Waals surface area contributed by atoms with Crippen molar-refractivity contribution in [3.8, 4) is 33.8 Å². The molecular formula is C26H25FN4O2. The Bertz CT molecular complexity index is 1360. The zero-order chi connectivity index (χ0) is 22.5. The van der Waals surface area contributed by atoms with Gasteiger partial charge in [-0.1, -0.05) is 12.1 Å². The number of piperazine rings is 1. The third kappa shape index (κ3) is 3.23. The first-order chi connectivity index (χ1) is 16.1. The molecule has 4 heterocycles. The Hall–Kier alpha value is -3.58. The quantitative estimate of drug-likeness (QED) is 0.497. The zero-order valence-corrected chi connectivity index (χ0v) is 18.7. The van der Waals surface area contributed by atoms with Crippen LogP contribution in [-0.4, -0.2) is 55.2 Å². The number of likely N-dealkylation sites (N-methyl/N-ethyl adjacent to an activating group) is 1. The van der Waals surface area contributed by atoms with Gasteiger partial charge in [-0.3, -0.25) is 0 Å². The molecule has 0 saturated carbocycles. The van der Waals surface area contributed by atoms with E-state index in [1.54, 1.807) is 25.4 Å². The smallest absolute Gasteiger partial charge is 0.141 e. The minimum absolute atomic E-state index is 0.346. The van der Waals surface area contributed by atoms with Crippen molar-refractivity contribution in [1.29, 1.82) is 0 Å². The first-order valence-corrected chi connectivity index (χ1v) is 11.2. The maximum absolute atomic E-state index is 14.9. The van der Waals surface area contributed by atoms with Crippen LogP contribution in [0.2, 0.25) is 0 Å². The minimum Gasteiger partial charge on any atom is -0.496 e. The number of halogens is 1. The van der Waals surface area contributed by atoms with Gasteiger partial charge in [0, 0.05) is 55.4 Å². The van der Waals surface area contributed by atoms with Gasteiger partial charge in [-0.25, -0.2) is 9.37 Å². The molecule has 168 valence electrons. The number of anilines is 1. The highest BCUT2D eigenvalue weighted by Crippen LogP contribution is 2.47. The highest BCUT2D eigenvalue weighted by Gasteiger charge is 2.26. The normalized spacial score (nSPS) is 15.8. The molecule has 2 aromatic carbocycles. The van der Waals surface area contributed by atoms with E-state index in [9.17, 15) is 4.39 Å². The number of benzene rings is 2. The summed E-state index contributed by atoms with van der Waals surface area (Å²) < 4.78 is 26.6. The second-order valence-electron chi connectivity index (χ2n) is 8.66. The SMILES string of the molecule is COc1cccc(F)c1-c1c[nH]c2ncc3c(c12)OCc1cc(N2CCN(C)CC2)ccc1-3. The lowest BCUT2D eigenvalue weighted by Gasteiger charge is -2.34. The highest BCUT2D eigenvalue weighted by molar-refractivity contribution is 6.03. The zero-order valence-electron chi connectivity index (χ0n) is 18.7. The maximum Gasteiger partial charge on any atom is 0.141 e. The summed E-state index contributed by atoms with van der Waals surface area (Å²) in [5, 5.41) is 0.768. The fraction of sp³-hybridized carbons (Fsp3) is 0.269. The molecule has 1 saturated heterocycles. The average Bonchev–Trinajstić information content (AvgIpc) is 3.27. The van der Waals surface area contributed by atoms with E-state index in [0.29, 0.717) is 29.1 Å². The fourth-order valence-corrected chi connectivity index (χ4v) is 4.91. The van der Waals surface area contributed by atoms with Gasteiger partial charge in [-0.2, -0.15) is 0 Å². The largest absolute Gasteiger partial charge is 0.496 e. The van der Waals surface area contributed by atoms with Gasteiger partial charge in [0.2, 0.25) is 0 Å². The Morgan fingerprint density at radius 2 is 1.91 bits per heavy atom. The molecule has 1 N–H and O–H groups in total. The van der Waals surface area contributed by atoms with Crippen molar-refractivity contribution in [2.45, 2.75) is 6.61 Å². The Morgan fingerprint density at radius 3 is 2.73 bits per heavy atom. The predicted octanol–water partition coefficient (Wildman–Crippen LogP) is 4.69. The molecular weight excluding hydrogens is 419 g/mol. The van der Waals surface area contributed by atoms with E-state index >= 15 is 0 Å². The topological polar surface area (TPSA) is 53.6 Å². The number of ether oxygens (including phenoxy) is 2. The predicted molar refractivity (Wildman–Crippen MR) is 128 cm³/mol. The summed E-state index contributed by atoms with van der Waals surface area (Å²) in [6.07, 6.45) is 3.61. The van der Waals surface area contributed by atoms with Crippen LogP contribution < -0.4 is 14.4 Å². The van der Waals surface area contributed by atoms with Crippen LogP contribution in [0.15, 0.2) is 48.8 Å². The van der Waals surface area contributed by atoms with Crippen LogP contribution in [0.5, 0.6) is 11.5 Å². The molecule has 1 fully saturated rings. The lowest BCUT2D eigenvalue weighted by molar-refractivity contribution is 0.305. The van der Waals surface area contributed by atoms with Gasteiger partial charge >= 0.3 is 0 Å². The van der Waals surface area contributed by atoms with Crippen LogP contribution in [0.4, 0.5) is 10.1 Å². The van der Waals surface area contributed by atoms with Gasteiger partial charge in [0.25, 0.3) is 0 Å². The molecule has 0 spiro atoms. The fourth-order valence-electron chi connectivity index (χ4n) is 4.91. The second-order valence-corrected chi connectivity index (χ2v) is 8.66. The number of fused-ring (bicyclic) bond motifs is 5. The standard InChI is InChI=1S/C26H25FN4O2/c1-30-8-10-31(11-9-30)17-6-7-18-16(12-17)15-33-25-19(18)13-28-26-24(25)20(14-29-26)23-21(27)4-3-5-22(23)32-2/h3-7,12-14H,8-11,15H2,1-2H3,(H,28,29). The van der Waals surface area contributed by atoms with Gasteiger partial charge < -0.3 is 24.3 Å². The molecule has 0 radical (unpaired) electrons. The summed E-state index contributed by atoms with van der Waals surface area (Å²) in [5.41, 5.74) is 6.14. The van der Waals surface area contributed by atoms with Gasteiger partial charge in [-0.15, -0.1) is 0 Å². The van der Waals surface area contributed by atoms with Crippen LogP contribution in [0.1, 0.15) is 5.56 Å². The lowest BCUT2D eigenvalue weighted by Crippen LogP contribution is -2.44. The molecule has 33 heavy (non-hydrogen) atoms. The monoisotopic (exact) mass is 444 g/mol. The highest BCUT2D eigenvalue weighted by atomic mass is 19.1. The molecule has 0 bridgehead atoms. The van der Waals surface area contributed by atoms with Crippen molar-refractivity contribution in [1.82, 2.24) is 14.9 Å². The van der Waals surface area contributed by atoms with Gasteiger partial charge in [0.1, 0.15) is 29.6 Å². The van der Waals surface area contributed by atoms with Crippen molar-refractivity contribution in [3.05, 3.63) is 60.2 Å². The summed E-state index contributed by atoms with van der Waals surface area (Å²) in [7, 11) is 3.71. The number of hydrogen-bond donors (Lipinski definition) is 1. The van der Waals surface area contributed by atoms with Crippen molar-refractivity contribution < 1.29 is 13.9 Å². The van der Waals surface area contributed by atoms with E-state index in [1.807, 2.05) is 6.20 Å². The molecule has 6 rings (SSSR count). The number of nitrogens with one attached hydrogen (secondary N) is 1. The summed E-state index contributed by atoms with van der Waals surface area (Å²) in [6.45, 7) is 4.63. The number of aromatic amines is 1. The van der Waals surface area contributed by atoms with Crippen molar-refractivity contribution in [3.63, 3.8) is 0 Å². The molecule has 0 atom stereocenters. The van der Waals surface area contributed by atoms with Gasteiger partial charge in [-0.05, 0) is 42.4 Å². The second kappa shape index (κ2) is 7.78. The summed E-state index contributed by atoms with van der Waals surface area (Å²) >= 11 is 0. The maximum atomic E-state index is 14.9. The van der Waals surface area contributed by atoms with E-state index in [1.165, 1.54) is 11.8 Å². The summed E-state index contributed by atoms with van der Waals surface area (Å²) in [5.74, 6) is 0.851. The number of methoxy groups -OCH3 is 1. The van der Waals surface area contributed by atoms with E-state index in [4.69, 9.17) is 9.47 Å². The van der Waals surface area contributed by atoms with Crippen LogP contribution in [0, 0.1) is 5.82 Å². The van der Waals surface area contributed by atoms with E-state index in [-0.39, 0.29) is 5.82 Å². The number of rotatable bonds is 3. The van der Waals surface area contributed by atoms with Crippen LogP contribution >= 0.6 is 0 Å². The summed E-state index contributed by atoms with van der Waals surface area (Å²) in [4.78, 5) is 12.6. The van der Waals surface area contributed by atoms with E-state index in [2.05, 4.69) is 45.0 Å². The van der Waals surface area contributed by atoms with Crippen LogP contribution in [0.25, 0.3) is 33.3 Å². The van der Waals surface area contributed by atoms with Crippen molar-refractivity contribution in [2.24, 2.45) is 0 Å². The van der Waals surface area contributed by atoms with Gasteiger partial charge in [0.05, 0.1) is 18.1 Å². The van der Waals surface area contributed by atoms with Crippen molar-refractivity contribution in [2.75, 3.05) is 45.2 Å². The number of pyridine rings is 1. The van der Waals surface area contributed by atoms with Crippen LogP contribution in [0.3, 0.4) is 0 Å². The number of aromatic nitrogens is 2. The molecule has 0 aliphatic carbocycles.